The lowest BCUT2D eigenvalue weighted by atomic mass is 10.0. The number of amides is 1. The molecule has 9 nitrogen and oxygen atoms in total. The van der Waals surface area contributed by atoms with Crippen molar-refractivity contribution in [3.63, 3.8) is 0 Å². The summed E-state index contributed by atoms with van der Waals surface area (Å²) in [6.45, 7) is 2.73. The molecule has 176 valence electrons. The quantitative estimate of drug-likeness (QED) is 0.545. The molecule has 1 fully saturated rings. The minimum atomic E-state index is -1.08. The number of ether oxygens (including phenoxy) is 3. The molecule has 0 radical (unpaired) electrons. The zero-order chi connectivity index (χ0) is 23.9. The standard InChI is InChI=1S/C25H27N5O4/c1-32-21-8-7-17(15-22(21)33-2)9-10-27-25(31)18(16-26)23-24(30-11-13-34-14-12-30)29-20-6-4-3-5-19(20)28-23/h3-8,15,18H,9-14H2,1-2H3,(H,27,31). The van der Waals surface area contributed by atoms with Gasteiger partial charge >= 0.3 is 0 Å². The summed E-state index contributed by atoms with van der Waals surface area (Å²) < 4.78 is 16.1. The van der Waals surface area contributed by atoms with Crippen LogP contribution in [0.3, 0.4) is 0 Å². The van der Waals surface area contributed by atoms with E-state index in [1.165, 1.54) is 0 Å². The molecule has 0 spiro atoms. The number of methoxy groups -OCH3 is 2. The van der Waals surface area contributed by atoms with Crippen LogP contribution >= 0.6 is 0 Å². The van der Waals surface area contributed by atoms with Gasteiger partial charge in [-0.15, -0.1) is 0 Å². The number of rotatable bonds is 8. The van der Waals surface area contributed by atoms with Crippen LogP contribution in [0.5, 0.6) is 11.5 Å². The normalized spacial score (nSPS) is 14.3. The smallest absolute Gasteiger partial charge is 0.243 e. The zero-order valence-electron chi connectivity index (χ0n) is 19.3. The highest BCUT2D eigenvalue weighted by molar-refractivity contribution is 5.88. The van der Waals surface area contributed by atoms with Crippen molar-refractivity contribution in [2.24, 2.45) is 0 Å². The van der Waals surface area contributed by atoms with Crippen LogP contribution in [0.25, 0.3) is 11.0 Å². The molecule has 0 aliphatic carbocycles. The first-order valence-corrected chi connectivity index (χ1v) is 11.1. The predicted molar refractivity (Wildman–Crippen MR) is 127 cm³/mol. The number of hydrogen-bond acceptors (Lipinski definition) is 8. The topological polar surface area (TPSA) is 110 Å². The molecule has 1 aromatic heterocycles. The average molecular weight is 462 g/mol. The number of para-hydroxylation sites is 2. The number of nitrogens with zero attached hydrogens (tertiary/aromatic N) is 4. The highest BCUT2D eigenvalue weighted by atomic mass is 16.5. The maximum atomic E-state index is 13.1. The van der Waals surface area contributed by atoms with Crippen LogP contribution in [0, 0.1) is 11.3 Å². The second-order valence-electron chi connectivity index (χ2n) is 7.81. The molecule has 1 aliphatic rings. The SMILES string of the molecule is COc1ccc(CCNC(=O)C(C#N)c2nc3ccccc3nc2N2CCOCC2)cc1OC. The van der Waals surface area contributed by atoms with E-state index in [9.17, 15) is 10.1 Å². The molecule has 0 bridgehead atoms. The fourth-order valence-corrected chi connectivity index (χ4v) is 3.92. The Hall–Kier alpha value is -3.90. The molecule has 1 unspecified atom stereocenters. The van der Waals surface area contributed by atoms with E-state index >= 15 is 0 Å². The maximum absolute atomic E-state index is 13.1. The van der Waals surface area contributed by atoms with E-state index in [0.717, 1.165) is 11.1 Å². The van der Waals surface area contributed by atoms with Gasteiger partial charge in [-0.05, 0) is 36.2 Å². The minimum Gasteiger partial charge on any atom is -0.493 e. The van der Waals surface area contributed by atoms with Crippen molar-refractivity contribution in [3.8, 4) is 17.6 Å². The molecule has 4 rings (SSSR count). The van der Waals surface area contributed by atoms with Crippen molar-refractivity contribution in [2.75, 3.05) is 52.0 Å². The molecule has 3 aromatic rings. The number of carbonyl (C=O) groups is 1. The summed E-state index contributed by atoms with van der Waals surface area (Å²) in [5, 5.41) is 12.8. The summed E-state index contributed by atoms with van der Waals surface area (Å²) >= 11 is 0. The number of benzene rings is 2. The second kappa shape index (κ2) is 10.8. The fraction of sp³-hybridized carbons (Fsp3) is 0.360. The van der Waals surface area contributed by atoms with Gasteiger partial charge in [-0.2, -0.15) is 5.26 Å². The van der Waals surface area contributed by atoms with Gasteiger partial charge in [0.05, 0.1) is 44.5 Å². The molecule has 9 heteroatoms. The number of aromatic nitrogens is 2. The van der Waals surface area contributed by atoms with E-state index in [4.69, 9.17) is 24.2 Å². The first-order chi connectivity index (χ1) is 16.6. The van der Waals surface area contributed by atoms with Gasteiger partial charge in [0.25, 0.3) is 0 Å². The van der Waals surface area contributed by atoms with E-state index in [0.29, 0.717) is 67.8 Å². The molecule has 1 N–H and O–H groups in total. The van der Waals surface area contributed by atoms with Crippen LogP contribution < -0.4 is 19.7 Å². The molecule has 2 aromatic carbocycles. The van der Waals surface area contributed by atoms with Gasteiger partial charge in [0.1, 0.15) is 5.69 Å². The van der Waals surface area contributed by atoms with Gasteiger partial charge in [0, 0.05) is 19.6 Å². The third-order valence-corrected chi connectivity index (χ3v) is 5.71. The lowest BCUT2D eigenvalue weighted by Gasteiger charge is -2.29. The average Bonchev–Trinajstić information content (AvgIpc) is 2.89. The van der Waals surface area contributed by atoms with Gasteiger partial charge in [-0.3, -0.25) is 4.79 Å². The Bertz CT molecular complexity index is 1200. The molecule has 34 heavy (non-hydrogen) atoms. The molecule has 1 amide bonds. The lowest BCUT2D eigenvalue weighted by Crippen LogP contribution is -2.39. The Morgan fingerprint density at radius 2 is 1.82 bits per heavy atom. The summed E-state index contributed by atoms with van der Waals surface area (Å²) in [6.07, 6.45) is 0.573. The van der Waals surface area contributed by atoms with Crippen molar-refractivity contribution >= 4 is 22.8 Å². The van der Waals surface area contributed by atoms with Crippen LogP contribution in [0.15, 0.2) is 42.5 Å². The van der Waals surface area contributed by atoms with Crippen molar-refractivity contribution in [1.29, 1.82) is 5.26 Å². The van der Waals surface area contributed by atoms with E-state index in [2.05, 4.69) is 11.4 Å². The molecule has 2 heterocycles. The third-order valence-electron chi connectivity index (χ3n) is 5.71. The van der Waals surface area contributed by atoms with Crippen molar-refractivity contribution < 1.29 is 19.0 Å². The Kier molecular flexibility index (Phi) is 7.40. The molecular weight excluding hydrogens is 434 g/mol. The Morgan fingerprint density at radius 3 is 2.50 bits per heavy atom. The highest BCUT2D eigenvalue weighted by Gasteiger charge is 2.29. The summed E-state index contributed by atoms with van der Waals surface area (Å²) in [7, 11) is 3.16. The summed E-state index contributed by atoms with van der Waals surface area (Å²) in [6, 6.07) is 15.2. The van der Waals surface area contributed by atoms with E-state index in [1.54, 1.807) is 14.2 Å². The third kappa shape index (κ3) is 5.02. The van der Waals surface area contributed by atoms with Crippen molar-refractivity contribution in [1.82, 2.24) is 15.3 Å². The summed E-state index contributed by atoms with van der Waals surface area (Å²) in [5.41, 5.74) is 2.71. The maximum Gasteiger partial charge on any atom is 0.243 e. The van der Waals surface area contributed by atoms with Crippen molar-refractivity contribution in [3.05, 3.63) is 53.7 Å². The molecule has 1 atom stereocenters. The zero-order valence-corrected chi connectivity index (χ0v) is 19.3. The Morgan fingerprint density at radius 1 is 1.12 bits per heavy atom. The van der Waals surface area contributed by atoms with Crippen molar-refractivity contribution in [2.45, 2.75) is 12.3 Å². The first-order valence-electron chi connectivity index (χ1n) is 11.1. The van der Waals surface area contributed by atoms with Crippen LogP contribution in [-0.2, 0) is 16.0 Å². The van der Waals surface area contributed by atoms with Gasteiger partial charge in [-0.1, -0.05) is 18.2 Å². The lowest BCUT2D eigenvalue weighted by molar-refractivity contribution is -0.121. The number of morpholine rings is 1. The molecule has 0 saturated carbocycles. The first kappa shape index (κ1) is 23.3. The van der Waals surface area contributed by atoms with Crippen LogP contribution in [0.2, 0.25) is 0 Å². The number of fused-ring (bicyclic) bond motifs is 1. The second-order valence-corrected chi connectivity index (χ2v) is 7.81. The number of anilines is 1. The number of carbonyl (C=O) groups excluding carboxylic acids is 1. The van der Waals surface area contributed by atoms with Crippen LogP contribution in [0.4, 0.5) is 5.82 Å². The Labute approximate surface area is 198 Å². The highest BCUT2D eigenvalue weighted by Crippen LogP contribution is 2.29. The predicted octanol–water partition coefficient (Wildman–Crippen LogP) is 2.45. The van der Waals surface area contributed by atoms with Crippen LogP contribution in [0.1, 0.15) is 17.2 Å². The largest absolute Gasteiger partial charge is 0.493 e. The summed E-state index contributed by atoms with van der Waals surface area (Å²) in [5.74, 6) is 0.346. The van der Waals surface area contributed by atoms with Crippen LogP contribution in [-0.4, -0.2) is 62.9 Å². The van der Waals surface area contributed by atoms with E-state index in [-0.39, 0.29) is 0 Å². The van der Waals surface area contributed by atoms with Gasteiger partial charge in [0.15, 0.2) is 23.2 Å². The monoisotopic (exact) mass is 461 g/mol. The summed E-state index contributed by atoms with van der Waals surface area (Å²) in [4.78, 5) is 24.6. The van der Waals surface area contributed by atoms with Gasteiger partial charge in [0.2, 0.25) is 5.91 Å². The molecule has 1 saturated heterocycles. The van der Waals surface area contributed by atoms with E-state index in [1.807, 2.05) is 47.4 Å². The van der Waals surface area contributed by atoms with Gasteiger partial charge < -0.3 is 24.4 Å². The molecular formula is C25H27N5O4. The van der Waals surface area contributed by atoms with E-state index < -0.39 is 11.8 Å². The molecule has 1 aliphatic heterocycles. The fourth-order valence-electron chi connectivity index (χ4n) is 3.92. The number of nitriles is 1. The number of nitrogens with one attached hydrogen (secondary N) is 1. The van der Waals surface area contributed by atoms with Gasteiger partial charge in [-0.25, -0.2) is 9.97 Å². The Balaban J connectivity index is 1.53. The minimum absolute atomic E-state index is 0.362. The number of hydrogen-bond donors (Lipinski definition) is 1.